The van der Waals surface area contributed by atoms with Gasteiger partial charge in [-0.3, -0.25) is 0 Å². The topological polar surface area (TPSA) is 26.3 Å². The van der Waals surface area contributed by atoms with E-state index in [1.54, 1.807) is 12.1 Å². The zero-order valence-corrected chi connectivity index (χ0v) is 14.4. The molecule has 0 amide bonds. The number of hydrogen-bond donors (Lipinski definition) is 0. The van der Waals surface area contributed by atoms with Crippen molar-refractivity contribution >= 4 is 5.97 Å². The average Bonchev–Trinajstić information content (AvgIpc) is 2.61. The number of carbonyl (C=O) groups excluding carboxylic acids is 1. The van der Waals surface area contributed by atoms with Crippen molar-refractivity contribution in [1.29, 1.82) is 0 Å². The van der Waals surface area contributed by atoms with Gasteiger partial charge in [0.05, 0.1) is 5.56 Å². The van der Waals surface area contributed by atoms with Gasteiger partial charge in [0.1, 0.15) is 11.9 Å². The normalized spacial score (nSPS) is 12.0. The fraction of sp³-hybridized carbons (Fsp3) is 0.381. The molecule has 0 N–H and O–H groups in total. The number of carbonyl (C=O) groups is 1. The quantitative estimate of drug-likeness (QED) is 0.448. The maximum absolute atomic E-state index is 14.2. The maximum atomic E-state index is 14.2. The van der Waals surface area contributed by atoms with E-state index in [0.717, 1.165) is 24.8 Å². The van der Waals surface area contributed by atoms with Gasteiger partial charge in [0.2, 0.25) is 0 Å². The van der Waals surface area contributed by atoms with E-state index in [1.165, 1.54) is 6.07 Å². The molecule has 2 nitrogen and oxygen atoms in total. The van der Waals surface area contributed by atoms with Crippen molar-refractivity contribution in [2.24, 2.45) is 0 Å². The monoisotopic (exact) mass is 328 g/mol. The Kier molecular flexibility index (Phi) is 6.98. The first kappa shape index (κ1) is 18.2. The summed E-state index contributed by atoms with van der Waals surface area (Å²) in [7, 11) is 0. The van der Waals surface area contributed by atoms with Crippen molar-refractivity contribution in [1.82, 2.24) is 0 Å². The Morgan fingerprint density at radius 3 is 2.46 bits per heavy atom. The average molecular weight is 328 g/mol. The highest BCUT2D eigenvalue weighted by atomic mass is 19.1. The first-order valence-corrected chi connectivity index (χ1v) is 8.70. The zero-order chi connectivity index (χ0) is 17.4. The molecule has 0 aliphatic heterocycles. The molecule has 0 radical (unpaired) electrons. The first-order valence-electron chi connectivity index (χ1n) is 8.70. The molecular formula is C21H25FO2. The van der Waals surface area contributed by atoms with Gasteiger partial charge in [0.25, 0.3) is 0 Å². The van der Waals surface area contributed by atoms with Gasteiger partial charge in [0.15, 0.2) is 0 Å². The Balaban J connectivity index is 2.05. The number of halogens is 1. The van der Waals surface area contributed by atoms with E-state index in [2.05, 4.69) is 6.92 Å². The first-order chi connectivity index (χ1) is 11.7. The van der Waals surface area contributed by atoms with E-state index in [4.69, 9.17) is 4.74 Å². The molecule has 1 atom stereocenters. The largest absolute Gasteiger partial charge is 0.454 e. The number of esters is 1. The summed E-state index contributed by atoms with van der Waals surface area (Å²) in [6.07, 6.45) is 4.21. The van der Waals surface area contributed by atoms with Crippen LogP contribution in [0.4, 0.5) is 4.39 Å². The van der Waals surface area contributed by atoms with Gasteiger partial charge >= 0.3 is 5.97 Å². The molecule has 0 bridgehead atoms. The molecular weight excluding hydrogens is 303 g/mol. The second-order valence-electron chi connectivity index (χ2n) is 5.98. The van der Waals surface area contributed by atoms with Crippen LogP contribution in [0, 0.1) is 5.82 Å². The molecule has 3 heteroatoms. The lowest BCUT2D eigenvalue weighted by Crippen LogP contribution is -2.11. The molecule has 0 heterocycles. The van der Waals surface area contributed by atoms with Crippen LogP contribution in [0.1, 0.15) is 67.1 Å². The molecule has 0 spiro atoms. The minimum absolute atomic E-state index is 0.265. The number of benzene rings is 2. The Hall–Kier alpha value is -2.16. The molecule has 0 fully saturated rings. The van der Waals surface area contributed by atoms with Crippen molar-refractivity contribution in [3.8, 4) is 0 Å². The van der Waals surface area contributed by atoms with Gasteiger partial charge < -0.3 is 4.74 Å². The highest BCUT2D eigenvalue weighted by Gasteiger charge is 2.17. The zero-order valence-electron chi connectivity index (χ0n) is 14.4. The molecule has 0 aliphatic rings. The highest BCUT2D eigenvalue weighted by molar-refractivity contribution is 5.89. The van der Waals surface area contributed by atoms with Crippen LogP contribution in [0.5, 0.6) is 0 Å². The standard InChI is InChI=1S/C21H25FO2/c1-3-5-7-10-16-13-14-18(15-19(16)22)21(23)24-20(4-2)17-11-8-6-9-12-17/h6,8-9,11-15,20H,3-5,7,10H2,1-2H3. The van der Waals surface area contributed by atoms with E-state index in [9.17, 15) is 9.18 Å². The summed E-state index contributed by atoms with van der Waals surface area (Å²) < 4.78 is 19.7. The molecule has 0 aliphatic carbocycles. The van der Waals surface area contributed by atoms with Crippen LogP contribution in [0.2, 0.25) is 0 Å². The molecule has 2 rings (SSSR count). The summed E-state index contributed by atoms with van der Waals surface area (Å²) in [5.41, 5.74) is 1.88. The van der Waals surface area contributed by atoms with Gasteiger partial charge in [-0.25, -0.2) is 9.18 Å². The van der Waals surface area contributed by atoms with Crippen molar-refractivity contribution in [3.05, 3.63) is 71.0 Å². The number of aryl methyl sites for hydroxylation is 1. The predicted octanol–water partition coefficient (Wildman–Crippen LogP) is 5.87. The molecule has 24 heavy (non-hydrogen) atoms. The van der Waals surface area contributed by atoms with Crippen molar-refractivity contribution < 1.29 is 13.9 Å². The molecule has 2 aromatic rings. The van der Waals surface area contributed by atoms with Crippen molar-refractivity contribution in [2.75, 3.05) is 0 Å². The Morgan fingerprint density at radius 2 is 1.83 bits per heavy atom. The minimum Gasteiger partial charge on any atom is -0.454 e. The summed E-state index contributed by atoms with van der Waals surface area (Å²) in [6, 6.07) is 14.3. The molecule has 1 unspecified atom stereocenters. The lowest BCUT2D eigenvalue weighted by Gasteiger charge is -2.17. The Labute approximate surface area is 143 Å². The van der Waals surface area contributed by atoms with E-state index in [-0.39, 0.29) is 17.5 Å². The Bertz CT molecular complexity index is 652. The fourth-order valence-corrected chi connectivity index (χ4v) is 2.69. The third kappa shape index (κ3) is 4.92. The van der Waals surface area contributed by atoms with Crippen LogP contribution in [0.3, 0.4) is 0 Å². The summed E-state index contributed by atoms with van der Waals surface area (Å²) in [5.74, 6) is -0.807. The number of rotatable bonds is 8. The van der Waals surface area contributed by atoms with E-state index >= 15 is 0 Å². The summed E-state index contributed by atoms with van der Waals surface area (Å²) >= 11 is 0. The molecule has 128 valence electrons. The van der Waals surface area contributed by atoms with Gasteiger partial charge in [-0.1, -0.05) is 63.1 Å². The lowest BCUT2D eigenvalue weighted by atomic mass is 10.0. The molecule has 0 saturated heterocycles. The summed E-state index contributed by atoms with van der Waals surface area (Å²) in [5, 5.41) is 0. The highest BCUT2D eigenvalue weighted by Crippen LogP contribution is 2.23. The minimum atomic E-state index is -0.482. The molecule has 0 saturated carbocycles. The lowest BCUT2D eigenvalue weighted by molar-refractivity contribution is 0.0287. The summed E-state index contributed by atoms with van der Waals surface area (Å²) in [6.45, 7) is 4.08. The third-order valence-corrected chi connectivity index (χ3v) is 4.13. The van der Waals surface area contributed by atoms with Crippen molar-refractivity contribution in [2.45, 2.75) is 52.1 Å². The van der Waals surface area contributed by atoms with Gasteiger partial charge in [-0.05, 0) is 42.5 Å². The fourth-order valence-electron chi connectivity index (χ4n) is 2.69. The number of ether oxygens (including phenoxy) is 1. The van der Waals surface area contributed by atoms with Gasteiger partial charge in [-0.15, -0.1) is 0 Å². The predicted molar refractivity (Wildman–Crippen MR) is 94.5 cm³/mol. The van der Waals surface area contributed by atoms with Crippen LogP contribution < -0.4 is 0 Å². The summed E-state index contributed by atoms with van der Waals surface area (Å²) in [4.78, 5) is 12.3. The Morgan fingerprint density at radius 1 is 1.08 bits per heavy atom. The van der Waals surface area contributed by atoms with E-state index in [1.807, 2.05) is 37.3 Å². The third-order valence-electron chi connectivity index (χ3n) is 4.13. The van der Waals surface area contributed by atoms with Crippen LogP contribution in [-0.2, 0) is 11.2 Å². The van der Waals surface area contributed by atoms with Crippen molar-refractivity contribution in [3.63, 3.8) is 0 Å². The SMILES string of the molecule is CCCCCc1ccc(C(=O)OC(CC)c2ccccc2)cc1F. The second-order valence-corrected chi connectivity index (χ2v) is 5.98. The smallest absolute Gasteiger partial charge is 0.338 e. The van der Waals surface area contributed by atoms with Gasteiger partial charge in [-0.2, -0.15) is 0 Å². The second kappa shape index (κ2) is 9.21. The molecule has 2 aromatic carbocycles. The molecule has 0 aromatic heterocycles. The van der Waals surface area contributed by atoms with Crippen LogP contribution in [0.15, 0.2) is 48.5 Å². The van der Waals surface area contributed by atoms with Crippen LogP contribution in [0.25, 0.3) is 0 Å². The number of unbranched alkanes of at least 4 members (excludes halogenated alkanes) is 2. The van der Waals surface area contributed by atoms with Crippen LogP contribution >= 0.6 is 0 Å². The van der Waals surface area contributed by atoms with E-state index in [0.29, 0.717) is 18.4 Å². The maximum Gasteiger partial charge on any atom is 0.338 e. The van der Waals surface area contributed by atoms with Gasteiger partial charge in [0, 0.05) is 0 Å². The number of hydrogen-bond acceptors (Lipinski definition) is 2. The van der Waals surface area contributed by atoms with Crippen LogP contribution in [-0.4, -0.2) is 5.97 Å². The van der Waals surface area contributed by atoms with E-state index < -0.39 is 5.97 Å².